The van der Waals surface area contributed by atoms with Crippen LogP contribution < -0.4 is 4.72 Å². The Bertz CT molecular complexity index is 1570. The van der Waals surface area contributed by atoms with E-state index in [1.807, 2.05) is 13.8 Å². The van der Waals surface area contributed by atoms with Gasteiger partial charge in [-0.2, -0.15) is 0 Å². The van der Waals surface area contributed by atoms with Gasteiger partial charge in [-0.1, -0.05) is 44.2 Å². The predicted molar refractivity (Wildman–Crippen MR) is 146 cm³/mol. The first-order valence-electron chi connectivity index (χ1n) is 12.9. The summed E-state index contributed by atoms with van der Waals surface area (Å²) in [5.74, 6) is -1.16. The number of benzene rings is 2. The molecule has 0 saturated carbocycles. The molecule has 10 nitrogen and oxygen atoms in total. The number of carboxylic acid groups (broad SMARTS) is 1. The van der Waals surface area contributed by atoms with Gasteiger partial charge in [-0.25, -0.2) is 25.5 Å². The summed E-state index contributed by atoms with van der Waals surface area (Å²) in [7, 11) is -8.20. The second-order valence-corrected chi connectivity index (χ2v) is 13.5. The minimum Gasteiger partial charge on any atom is -0.481 e. The molecule has 0 atom stereocenters. The molecule has 0 bridgehead atoms. The maximum atomic E-state index is 13.7. The molecule has 1 fully saturated rings. The fraction of sp³-hybridized carbons (Fsp3) is 0.407. The van der Waals surface area contributed by atoms with Crippen LogP contribution in [0.25, 0.3) is 10.9 Å². The first kappa shape index (κ1) is 28.8. The number of aromatic nitrogens is 1. The maximum Gasteiger partial charge on any atom is 0.303 e. The van der Waals surface area contributed by atoms with Gasteiger partial charge in [0.25, 0.3) is 10.0 Å². The van der Waals surface area contributed by atoms with E-state index in [-0.39, 0.29) is 46.4 Å². The molecule has 1 saturated heterocycles. The number of aliphatic carboxylic acids is 1. The number of rotatable bonds is 10. The molecule has 1 aliphatic heterocycles. The van der Waals surface area contributed by atoms with Crippen LogP contribution in [0.1, 0.15) is 57.4 Å². The largest absolute Gasteiger partial charge is 0.481 e. The van der Waals surface area contributed by atoms with Crippen LogP contribution in [0.5, 0.6) is 0 Å². The van der Waals surface area contributed by atoms with Gasteiger partial charge in [-0.05, 0) is 48.9 Å². The highest BCUT2D eigenvalue weighted by atomic mass is 32.2. The Balaban J connectivity index is 1.62. The van der Waals surface area contributed by atoms with E-state index in [9.17, 15) is 26.4 Å². The van der Waals surface area contributed by atoms with Crippen molar-refractivity contribution in [3.05, 3.63) is 60.3 Å². The summed E-state index contributed by atoms with van der Waals surface area (Å²) in [4.78, 5) is 24.7. The van der Waals surface area contributed by atoms with Gasteiger partial charge >= 0.3 is 5.97 Å². The molecule has 2 heterocycles. The first-order valence-corrected chi connectivity index (χ1v) is 15.8. The number of hydrogen-bond acceptors (Lipinski definition) is 6. The summed E-state index contributed by atoms with van der Waals surface area (Å²) >= 11 is 0. The number of carboxylic acids is 1. The van der Waals surface area contributed by atoms with Crippen molar-refractivity contribution in [2.45, 2.75) is 67.7 Å². The highest BCUT2D eigenvalue weighted by Gasteiger charge is 2.32. The van der Waals surface area contributed by atoms with Gasteiger partial charge < -0.3 is 10.0 Å². The summed E-state index contributed by atoms with van der Waals surface area (Å²) in [5.41, 5.74) is 1.00. The number of carbonyl (C=O) groups is 2. The number of nitrogens with zero attached hydrogens (tertiary/aromatic N) is 2. The van der Waals surface area contributed by atoms with E-state index in [1.165, 1.54) is 18.3 Å². The Kier molecular flexibility index (Phi) is 8.48. The van der Waals surface area contributed by atoms with Crippen molar-refractivity contribution in [2.24, 2.45) is 0 Å². The average molecular weight is 576 g/mol. The summed E-state index contributed by atoms with van der Waals surface area (Å²) in [5, 5.41) is 9.13. The molecule has 1 amide bonds. The standard InChI is InChI=1S/C27H33N3O7S2/c1-19(2)22-10-6-11-23-27(22)24(18-30(23)39(36,37)21-8-4-3-5-9-21)38(34,35)28-20-14-16-29(17-15-20)25(31)12-7-13-26(32)33/h3-6,8-11,18-20,28H,7,12-17H2,1-2H3,(H,32,33). The van der Waals surface area contributed by atoms with E-state index in [2.05, 4.69) is 4.72 Å². The van der Waals surface area contributed by atoms with Crippen molar-refractivity contribution >= 4 is 42.8 Å². The van der Waals surface area contributed by atoms with Gasteiger partial charge in [0.15, 0.2) is 0 Å². The van der Waals surface area contributed by atoms with Crippen LogP contribution in [0.15, 0.2) is 64.5 Å². The number of fused-ring (bicyclic) bond motifs is 1. The van der Waals surface area contributed by atoms with Gasteiger partial charge in [0.2, 0.25) is 15.9 Å². The quantitative estimate of drug-likeness (QED) is 0.377. The Morgan fingerprint density at radius 2 is 1.64 bits per heavy atom. The molecule has 0 spiro atoms. The highest BCUT2D eigenvalue weighted by molar-refractivity contribution is 7.91. The lowest BCUT2D eigenvalue weighted by molar-refractivity contribution is -0.137. The van der Waals surface area contributed by atoms with Crippen LogP contribution in [0.3, 0.4) is 0 Å². The third-order valence-electron chi connectivity index (χ3n) is 6.96. The number of amides is 1. The van der Waals surface area contributed by atoms with Gasteiger partial charge in [0.05, 0.1) is 10.4 Å². The van der Waals surface area contributed by atoms with Gasteiger partial charge in [-0.15, -0.1) is 0 Å². The van der Waals surface area contributed by atoms with Crippen LogP contribution in [0, 0.1) is 0 Å². The smallest absolute Gasteiger partial charge is 0.303 e. The van der Waals surface area contributed by atoms with E-state index in [1.54, 1.807) is 41.3 Å². The van der Waals surface area contributed by atoms with Crippen LogP contribution in [0.2, 0.25) is 0 Å². The molecule has 210 valence electrons. The minimum absolute atomic E-state index is 0.0501. The van der Waals surface area contributed by atoms with Crippen LogP contribution >= 0.6 is 0 Å². The lowest BCUT2D eigenvalue weighted by atomic mass is 9.99. The number of likely N-dealkylation sites (tertiary alicyclic amines) is 1. The molecule has 4 rings (SSSR count). The Morgan fingerprint density at radius 1 is 0.974 bits per heavy atom. The predicted octanol–water partition coefficient (Wildman–Crippen LogP) is 3.53. The number of sulfonamides is 1. The summed E-state index contributed by atoms with van der Waals surface area (Å²) < 4.78 is 58.3. The average Bonchev–Trinajstić information content (AvgIpc) is 3.31. The van der Waals surface area contributed by atoms with Gasteiger partial charge in [0, 0.05) is 43.6 Å². The zero-order chi connectivity index (χ0) is 28.4. The van der Waals surface area contributed by atoms with Crippen molar-refractivity contribution in [2.75, 3.05) is 13.1 Å². The van der Waals surface area contributed by atoms with Crippen LogP contribution in [-0.2, 0) is 29.6 Å². The molecule has 2 N–H and O–H groups in total. The van der Waals surface area contributed by atoms with E-state index in [0.717, 1.165) is 9.54 Å². The maximum absolute atomic E-state index is 13.7. The summed E-state index contributed by atoms with van der Waals surface area (Å²) in [6.45, 7) is 4.54. The van der Waals surface area contributed by atoms with Crippen LogP contribution in [0.4, 0.5) is 0 Å². The molecule has 3 aromatic rings. The monoisotopic (exact) mass is 575 g/mol. The zero-order valence-electron chi connectivity index (χ0n) is 21.9. The second-order valence-electron chi connectivity index (χ2n) is 10.0. The molecule has 39 heavy (non-hydrogen) atoms. The summed E-state index contributed by atoms with van der Waals surface area (Å²) in [6.07, 6.45) is 2.28. The molecule has 1 aromatic heterocycles. The first-order chi connectivity index (χ1) is 18.4. The third kappa shape index (κ3) is 6.18. The molecule has 1 aliphatic rings. The fourth-order valence-electron chi connectivity index (χ4n) is 4.92. The van der Waals surface area contributed by atoms with E-state index in [4.69, 9.17) is 5.11 Å². The summed E-state index contributed by atoms with van der Waals surface area (Å²) in [6, 6.07) is 12.6. The van der Waals surface area contributed by atoms with Crippen molar-refractivity contribution < 1.29 is 31.5 Å². The number of carbonyl (C=O) groups excluding carboxylic acids is 1. The lowest BCUT2D eigenvalue weighted by Gasteiger charge is -2.32. The van der Waals surface area contributed by atoms with E-state index < -0.39 is 32.1 Å². The zero-order valence-corrected chi connectivity index (χ0v) is 23.5. The van der Waals surface area contributed by atoms with Crippen molar-refractivity contribution in [1.29, 1.82) is 0 Å². The molecule has 0 aliphatic carbocycles. The Hall–Kier alpha value is -3.22. The van der Waals surface area contributed by atoms with Crippen LogP contribution in [-0.4, -0.2) is 61.8 Å². The molecule has 0 radical (unpaired) electrons. The van der Waals surface area contributed by atoms with Gasteiger partial charge in [-0.3, -0.25) is 9.59 Å². The highest BCUT2D eigenvalue weighted by Crippen LogP contribution is 2.35. The SMILES string of the molecule is CC(C)c1cccc2c1c(S(=O)(=O)NC1CCN(C(=O)CCCC(=O)O)CC1)cn2S(=O)(=O)c1ccccc1. The molecule has 0 unspecified atom stereocenters. The molecular weight excluding hydrogens is 542 g/mol. The minimum atomic E-state index is -4.13. The topological polar surface area (TPSA) is 143 Å². The Labute approximate surface area is 228 Å². The second kappa shape index (κ2) is 11.5. The molecular formula is C27H33N3O7S2. The van der Waals surface area contributed by atoms with Crippen molar-refractivity contribution in [3.63, 3.8) is 0 Å². The van der Waals surface area contributed by atoms with E-state index in [0.29, 0.717) is 31.3 Å². The fourth-order valence-corrected chi connectivity index (χ4v) is 7.91. The van der Waals surface area contributed by atoms with Gasteiger partial charge in [0.1, 0.15) is 4.90 Å². The number of hydrogen-bond donors (Lipinski definition) is 2. The third-order valence-corrected chi connectivity index (χ3v) is 10.2. The van der Waals surface area contributed by atoms with Crippen molar-refractivity contribution in [3.8, 4) is 0 Å². The van der Waals surface area contributed by atoms with E-state index >= 15 is 0 Å². The van der Waals surface area contributed by atoms with Crippen molar-refractivity contribution in [1.82, 2.24) is 13.6 Å². The molecule has 2 aromatic carbocycles. The number of piperidine rings is 1. The Morgan fingerprint density at radius 3 is 2.26 bits per heavy atom. The lowest BCUT2D eigenvalue weighted by Crippen LogP contribution is -2.46. The normalized spacial score (nSPS) is 15.2. The molecule has 12 heteroatoms. The number of nitrogens with one attached hydrogen (secondary N) is 1.